The summed E-state index contributed by atoms with van der Waals surface area (Å²) in [4.78, 5) is 15.4. The summed E-state index contributed by atoms with van der Waals surface area (Å²) >= 11 is 6.01. The van der Waals surface area contributed by atoms with Gasteiger partial charge in [0.1, 0.15) is 0 Å². The molecule has 0 fully saturated rings. The van der Waals surface area contributed by atoms with Gasteiger partial charge in [-0.3, -0.25) is 15.1 Å². The molecule has 22 heavy (non-hydrogen) atoms. The van der Waals surface area contributed by atoms with E-state index in [-0.39, 0.29) is 10.6 Å². The van der Waals surface area contributed by atoms with Crippen LogP contribution < -0.4 is 0 Å². The van der Waals surface area contributed by atoms with E-state index < -0.39 is 0 Å². The quantitative estimate of drug-likeness (QED) is 0.520. The maximum absolute atomic E-state index is 11.3. The molecule has 5 heteroatoms. The zero-order valence-electron chi connectivity index (χ0n) is 11.9. The van der Waals surface area contributed by atoms with Crippen LogP contribution in [0, 0.1) is 17.0 Å². The largest absolute Gasteiger partial charge is 0.280 e. The van der Waals surface area contributed by atoms with Crippen LogP contribution in [0.3, 0.4) is 0 Å². The van der Waals surface area contributed by atoms with Crippen LogP contribution in [0.5, 0.6) is 0 Å². The van der Waals surface area contributed by atoms with E-state index in [1.54, 1.807) is 25.3 Å². The van der Waals surface area contributed by atoms with E-state index in [4.69, 9.17) is 11.6 Å². The van der Waals surface area contributed by atoms with Crippen molar-refractivity contribution >= 4 is 28.1 Å². The third-order valence-electron chi connectivity index (χ3n) is 3.64. The van der Waals surface area contributed by atoms with Gasteiger partial charge in [-0.05, 0) is 30.7 Å². The first-order valence-electron chi connectivity index (χ1n) is 6.82. The van der Waals surface area contributed by atoms with Gasteiger partial charge < -0.3 is 0 Å². The Bertz CT molecular complexity index is 878. The molecule has 0 radical (unpaired) electrons. The highest BCUT2D eigenvalue weighted by molar-refractivity contribution is 6.30. The normalized spacial score (nSPS) is 10.8. The summed E-state index contributed by atoms with van der Waals surface area (Å²) in [5.41, 5.74) is 2.63. The van der Waals surface area contributed by atoms with Crippen LogP contribution in [0.1, 0.15) is 16.8 Å². The Balaban J connectivity index is 2.15. The van der Waals surface area contributed by atoms with Gasteiger partial charge in [0.2, 0.25) is 0 Å². The lowest BCUT2D eigenvalue weighted by Crippen LogP contribution is -1.98. The molecule has 0 atom stereocenters. The maximum atomic E-state index is 11.3. The molecule has 0 saturated carbocycles. The number of hydrogen-bond acceptors (Lipinski definition) is 3. The van der Waals surface area contributed by atoms with Crippen molar-refractivity contribution in [2.45, 2.75) is 13.3 Å². The van der Waals surface area contributed by atoms with Crippen LogP contribution in [-0.2, 0) is 6.42 Å². The molecule has 0 aliphatic heterocycles. The number of aryl methyl sites for hydroxylation is 1. The highest BCUT2D eigenvalue weighted by atomic mass is 35.5. The topological polar surface area (TPSA) is 56.0 Å². The molecule has 3 aromatic rings. The summed E-state index contributed by atoms with van der Waals surface area (Å²) in [6, 6.07) is 12.9. The van der Waals surface area contributed by atoms with E-state index in [0.717, 1.165) is 16.6 Å². The number of pyridine rings is 1. The van der Waals surface area contributed by atoms with Crippen LogP contribution in [0.2, 0.25) is 5.02 Å². The number of benzene rings is 2. The Morgan fingerprint density at radius 2 is 2.00 bits per heavy atom. The summed E-state index contributed by atoms with van der Waals surface area (Å²) in [6.45, 7) is 1.74. The Morgan fingerprint density at radius 3 is 2.73 bits per heavy atom. The fraction of sp³-hybridized carbons (Fsp3) is 0.118. The lowest BCUT2D eigenvalue weighted by molar-refractivity contribution is -0.383. The minimum atomic E-state index is -0.333. The lowest BCUT2D eigenvalue weighted by atomic mass is 10.0. The number of rotatable bonds is 3. The molecular weight excluding hydrogens is 300 g/mol. The molecule has 2 aromatic carbocycles. The van der Waals surface area contributed by atoms with E-state index in [1.807, 2.05) is 30.3 Å². The van der Waals surface area contributed by atoms with Crippen LogP contribution in [0.25, 0.3) is 10.8 Å². The van der Waals surface area contributed by atoms with Gasteiger partial charge in [0.05, 0.1) is 16.0 Å². The van der Waals surface area contributed by atoms with Gasteiger partial charge in [0, 0.05) is 28.6 Å². The molecule has 0 aliphatic carbocycles. The molecule has 0 unspecified atom stereocenters. The predicted molar refractivity (Wildman–Crippen MR) is 87.4 cm³/mol. The average molecular weight is 313 g/mol. The second-order valence-electron chi connectivity index (χ2n) is 5.15. The van der Waals surface area contributed by atoms with Gasteiger partial charge in [0.25, 0.3) is 5.69 Å². The van der Waals surface area contributed by atoms with Gasteiger partial charge in [-0.15, -0.1) is 0 Å². The Labute approximate surface area is 132 Å². The third-order valence-corrected chi connectivity index (χ3v) is 3.88. The summed E-state index contributed by atoms with van der Waals surface area (Å²) in [6.07, 6.45) is 2.20. The summed E-state index contributed by atoms with van der Waals surface area (Å²) in [7, 11) is 0. The Morgan fingerprint density at radius 1 is 1.18 bits per heavy atom. The number of halogens is 1. The Kier molecular flexibility index (Phi) is 3.77. The van der Waals surface area contributed by atoms with Crippen molar-refractivity contribution in [1.29, 1.82) is 0 Å². The highest BCUT2D eigenvalue weighted by Crippen LogP contribution is 2.31. The molecule has 0 aliphatic rings. The smallest absolute Gasteiger partial charge is 0.260 e. The molecular formula is C17H13ClN2O2. The third kappa shape index (κ3) is 2.65. The number of nitro benzene ring substituents is 1. The van der Waals surface area contributed by atoms with Gasteiger partial charge in [-0.2, -0.15) is 0 Å². The number of nitro groups is 1. The first-order valence-corrected chi connectivity index (χ1v) is 7.20. The molecule has 0 spiro atoms. The molecule has 1 aromatic heterocycles. The van der Waals surface area contributed by atoms with E-state index in [0.29, 0.717) is 22.4 Å². The molecule has 4 nitrogen and oxygen atoms in total. The van der Waals surface area contributed by atoms with E-state index in [1.165, 1.54) is 0 Å². The second-order valence-corrected chi connectivity index (χ2v) is 5.58. The highest BCUT2D eigenvalue weighted by Gasteiger charge is 2.17. The first kappa shape index (κ1) is 14.5. The fourth-order valence-corrected chi connectivity index (χ4v) is 2.85. The first-order chi connectivity index (χ1) is 10.6. The van der Waals surface area contributed by atoms with Crippen LogP contribution >= 0.6 is 11.6 Å². The van der Waals surface area contributed by atoms with E-state index in [2.05, 4.69) is 4.98 Å². The molecule has 0 bridgehead atoms. The zero-order valence-corrected chi connectivity index (χ0v) is 12.7. The second kappa shape index (κ2) is 5.73. The standard InChI is InChI=1S/C17H13ClN2O2/c1-11-5-6-14-15(17(11)20(21)22)7-8-19-16(14)10-12-3-2-4-13(18)9-12/h2-9H,10H2,1H3. The van der Waals surface area contributed by atoms with Crippen LogP contribution in [-0.4, -0.2) is 9.91 Å². The summed E-state index contributed by atoms with van der Waals surface area (Å²) < 4.78 is 0. The number of hydrogen-bond donors (Lipinski definition) is 0. The van der Waals surface area contributed by atoms with Crippen molar-refractivity contribution < 1.29 is 4.92 Å². The lowest BCUT2D eigenvalue weighted by Gasteiger charge is -2.08. The molecule has 0 N–H and O–H groups in total. The van der Waals surface area contributed by atoms with Crippen molar-refractivity contribution in [1.82, 2.24) is 4.98 Å². The van der Waals surface area contributed by atoms with Crippen molar-refractivity contribution in [2.75, 3.05) is 0 Å². The van der Waals surface area contributed by atoms with E-state index in [9.17, 15) is 10.1 Å². The zero-order chi connectivity index (χ0) is 15.7. The molecule has 0 saturated heterocycles. The SMILES string of the molecule is Cc1ccc2c(Cc3cccc(Cl)c3)nccc2c1[N+](=O)[O-]. The van der Waals surface area contributed by atoms with Gasteiger partial charge in [-0.1, -0.05) is 35.9 Å². The summed E-state index contributed by atoms with van der Waals surface area (Å²) in [5.74, 6) is 0. The number of fused-ring (bicyclic) bond motifs is 1. The van der Waals surface area contributed by atoms with Crippen molar-refractivity contribution in [3.8, 4) is 0 Å². The van der Waals surface area contributed by atoms with E-state index >= 15 is 0 Å². The van der Waals surface area contributed by atoms with Crippen LogP contribution in [0.15, 0.2) is 48.7 Å². The molecule has 1 heterocycles. The maximum Gasteiger partial charge on any atom is 0.280 e. The van der Waals surface area contributed by atoms with Crippen molar-refractivity contribution in [3.05, 3.63) is 80.6 Å². The monoisotopic (exact) mass is 312 g/mol. The van der Waals surface area contributed by atoms with Gasteiger partial charge in [-0.25, -0.2) is 0 Å². The Hall–Kier alpha value is -2.46. The molecule has 3 rings (SSSR count). The average Bonchev–Trinajstić information content (AvgIpc) is 2.46. The number of nitrogens with zero attached hydrogens (tertiary/aromatic N) is 2. The minimum Gasteiger partial charge on any atom is -0.260 e. The molecule has 110 valence electrons. The van der Waals surface area contributed by atoms with Gasteiger partial charge in [0.15, 0.2) is 0 Å². The minimum absolute atomic E-state index is 0.146. The van der Waals surface area contributed by atoms with Crippen molar-refractivity contribution in [3.63, 3.8) is 0 Å². The number of aromatic nitrogens is 1. The van der Waals surface area contributed by atoms with Crippen LogP contribution in [0.4, 0.5) is 5.69 Å². The summed E-state index contributed by atoms with van der Waals surface area (Å²) in [5, 5.41) is 13.4. The van der Waals surface area contributed by atoms with Gasteiger partial charge >= 0.3 is 0 Å². The predicted octanol–water partition coefficient (Wildman–Crippen LogP) is 4.70. The van der Waals surface area contributed by atoms with Crippen molar-refractivity contribution in [2.24, 2.45) is 0 Å². The molecule has 0 amide bonds. The fourth-order valence-electron chi connectivity index (χ4n) is 2.63.